The highest BCUT2D eigenvalue weighted by Crippen LogP contribution is 2.18. The van der Waals surface area contributed by atoms with Crippen LogP contribution in [-0.4, -0.2) is 24.2 Å². The van der Waals surface area contributed by atoms with Gasteiger partial charge in [0.25, 0.3) is 5.91 Å². The van der Waals surface area contributed by atoms with Crippen LogP contribution in [0.15, 0.2) is 78.9 Å². The first-order chi connectivity index (χ1) is 15.2. The fourth-order valence-electron chi connectivity index (χ4n) is 3.01. The molecule has 3 rings (SSSR count). The number of amides is 1. The summed E-state index contributed by atoms with van der Waals surface area (Å²) in [5.74, 6) is 0.998. The standard InChI is InChI=1S/C25H26N2O3S/c1-2-29-23-13-7-6-12-22(23)24(28)27-25(31)26-20-14-16-21(17-15-20)30-18-8-11-19-9-4-3-5-10-19/h3-7,9-10,12-17H,2,8,11,18H2,1H3,(H2,26,27,28,31). The largest absolute Gasteiger partial charge is 0.494 e. The molecule has 0 aromatic heterocycles. The van der Waals surface area contributed by atoms with Crippen molar-refractivity contribution in [1.82, 2.24) is 5.32 Å². The van der Waals surface area contributed by atoms with Crippen LogP contribution in [0.25, 0.3) is 0 Å². The van der Waals surface area contributed by atoms with Crippen molar-refractivity contribution in [2.75, 3.05) is 18.5 Å². The van der Waals surface area contributed by atoms with Gasteiger partial charge in [0.05, 0.1) is 18.8 Å². The lowest BCUT2D eigenvalue weighted by Gasteiger charge is -2.13. The van der Waals surface area contributed by atoms with Gasteiger partial charge >= 0.3 is 0 Å². The summed E-state index contributed by atoms with van der Waals surface area (Å²) in [5.41, 5.74) is 2.51. The number of ether oxygens (including phenoxy) is 2. The van der Waals surface area contributed by atoms with Crippen LogP contribution in [-0.2, 0) is 6.42 Å². The molecule has 0 fully saturated rings. The van der Waals surface area contributed by atoms with Gasteiger partial charge in [-0.05, 0) is 73.9 Å². The van der Waals surface area contributed by atoms with Gasteiger partial charge in [0.2, 0.25) is 0 Å². The Morgan fingerprint density at radius 2 is 1.61 bits per heavy atom. The molecule has 0 radical (unpaired) electrons. The summed E-state index contributed by atoms with van der Waals surface area (Å²) in [6.07, 6.45) is 1.93. The number of aryl methyl sites for hydroxylation is 1. The highest BCUT2D eigenvalue weighted by molar-refractivity contribution is 7.80. The van der Waals surface area contributed by atoms with Crippen LogP contribution in [0, 0.1) is 0 Å². The fourth-order valence-corrected chi connectivity index (χ4v) is 3.22. The second-order valence-corrected chi connectivity index (χ2v) is 7.21. The van der Waals surface area contributed by atoms with Crippen molar-refractivity contribution < 1.29 is 14.3 Å². The molecule has 5 nitrogen and oxygen atoms in total. The van der Waals surface area contributed by atoms with E-state index in [1.54, 1.807) is 18.2 Å². The zero-order valence-electron chi connectivity index (χ0n) is 17.5. The number of hydrogen-bond acceptors (Lipinski definition) is 4. The van der Waals surface area contributed by atoms with Gasteiger partial charge in [0.1, 0.15) is 11.5 Å². The van der Waals surface area contributed by atoms with Gasteiger partial charge in [-0.3, -0.25) is 10.1 Å². The average molecular weight is 435 g/mol. The molecule has 0 aliphatic heterocycles. The quantitative estimate of drug-likeness (QED) is 0.357. The van der Waals surface area contributed by atoms with Gasteiger partial charge in [-0.25, -0.2) is 0 Å². The Morgan fingerprint density at radius 3 is 2.35 bits per heavy atom. The van der Waals surface area contributed by atoms with E-state index in [2.05, 4.69) is 22.8 Å². The zero-order chi connectivity index (χ0) is 21.9. The Labute approximate surface area is 188 Å². The van der Waals surface area contributed by atoms with Crippen molar-refractivity contribution in [3.8, 4) is 11.5 Å². The summed E-state index contributed by atoms with van der Waals surface area (Å²) >= 11 is 5.27. The van der Waals surface area contributed by atoms with E-state index >= 15 is 0 Å². The monoisotopic (exact) mass is 434 g/mol. The maximum atomic E-state index is 12.5. The number of nitrogens with one attached hydrogen (secondary N) is 2. The van der Waals surface area contributed by atoms with Crippen molar-refractivity contribution in [3.05, 3.63) is 90.0 Å². The second-order valence-electron chi connectivity index (χ2n) is 6.80. The number of carbonyl (C=O) groups excluding carboxylic acids is 1. The van der Waals surface area contributed by atoms with Gasteiger partial charge in [-0.1, -0.05) is 42.5 Å². The van der Waals surface area contributed by atoms with E-state index in [1.165, 1.54) is 5.56 Å². The molecule has 0 saturated carbocycles. The SMILES string of the molecule is CCOc1ccccc1C(=O)NC(=S)Nc1ccc(OCCCc2ccccc2)cc1. The van der Waals surface area contributed by atoms with Crippen molar-refractivity contribution in [3.63, 3.8) is 0 Å². The number of rotatable bonds is 9. The second kappa shape index (κ2) is 11.7. The fraction of sp³-hybridized carbons (Fsp3) is 0.200. The van der Waals surface area contributed by atoms with E-state index in [1.807, 2.05) is 55.5 Å². The maximum absolute atomic E-state index is 12.5. The number of carbonyl (C=O) groups is 1. The summed E-state index contributed by atoms with van der Waals surface area (Å²) in [5, 5.41) is 5.91. The number of hydrogen-bond donors (Lipinski definition) is 2. The van der Waals surface area contributed by atoms with E-state index in [-0.39, 0.29) is 11.0 Å². The molecule has 0 unspecified atom stereocenters. The molecule has 0 saturated heterocycles. The molecule has 6 heteroatoms. The highest BCUT2D eigenvalue weighted by atomic mass is 32.1. The Balaban J connectivity index is 1.45. The molecule has 0 bridgehead atoms. The normalized spacial score (nSPS) is 10.2. The van der Waals surface area contributed by atoms with Gasteiger partial charge in [-0.15, -0.1) is 0 Å². The molecule has 1 amide bonds. The molecule has 0 spiro atoms. The molecule has 31 heavy (non-hydrogen) atoms. The summed E-state index contributed by atoms with van der Waals surface area (Å²) in [4.78, 5) is 12.5. The maximum Gasteiger partial charge on any atom is 0.261 e. The van der Waals surface area contributed by atoms with Crippen molar-refractivity contribution in [2.24, 2.45) is 0 Å². The molecule has 160 valence electrons. The molecule has 0 aliphatic rings. The van der Waals surface area contributed by atoms with E-state index in [9.17, 15) is 4.79 Å². The van der Waals surface area contributed by atoms with E-state index in [0.29, 0.717) is 24.5 Å². The van der Waals surface area contributed by atoms with E-state index < -0.39 is 0 Å². The third kappa shape index (κ3) is 7.12. The van der Waals surface area contributed by atoms with Crippen molar-refractivity contribution in [2.45, 2.75) is 19.8 Å². The molecule has 2 N–H and O–H groups in total. The Kier molecular flexibility index (Phi) is 8.43. The predicted octanol–water partition coefficient (Wildman–Crippen LogP) is 5.22. The molecule has 0 heterocycles. The minimum Gasteiger partial charge on any atom is -0.494 e. The van der Waals surface area contributed by atoms with Crippen LogP contribution in [0.3, 0.4) is 0 Å². The first kappa shape index (κ1) is 22.3. The number of para-hydroxylation sites is 1. The van der Waals surface area contributed by atoms with Crippen LogP contribution in [0.5, 0.6) is 11.5 Å². The molecule has 0 atom stereocenters. The first-order valence-corrected chi connectivity index (χ1v) is 10.7. The third-order valence-electron chi connectivity index (χ3n) is 4.49. The molecule has 0 aliphatic carbocycles. The highest BCUT2D eigenvalue weighted by Gasteiger charge is 2.13. The summed E-state index contributed by atoms with van der Waals surface area (Å²) in [6.45, 7) is 3.00. The lowest BCUT2D eigenvalue weighted by molar-refractivity contribution is 0.0974. The van der Waals surface area contributed by atoms with Crippen LogP contribution in [0.1, 0.15) is 29.3 Å². The van der Waals surface area contributed by atoms with Gasteiger partial charge in [0, 0.05) is 5.69 Å². The Hall–Kier alpha value is -3.38. The van der Waals surface area contributed by atoms with Crippen LogP contribution in [0.2, 0.25) is 0 Å². The first-order valence-electron chi connectivity index (χ1n) is 10.3. The van der Waals surface area contributed by atoms with E-state index in [0.717, 1.165) is 24.3 Å². The smallest absolute Gasteiger partial charge is 0.261 e. The van der Waals surface area contributed by atoms with Crippen LogP contribution in [0.4, 0.5) is 5.69 Å². The average Bonchev–Trinajstić information content (AvgIpc) is 2.79. The number of benzene rings is 3. The van der Waals surface area contributed by atoms with Crippen LogP contribution < -0.4 is 20.1 Å². The lowest BCUT2D eigenvalue weighted by Crippen LogP contribution is -2.34. The molecular weight excluding hydrogens is 408 g/mol. The molecule has 3 aromatic rings. The summed E-state index contributed by atoms with van der Waals surface area (Å²) in [7, 11) is 0. The van der Waals surface area contributed by atoms with Gasteiger partial charge in [0.15, 0.2) is 5.11 Å². The molecular formula is C25H26N2O3S. The number of anilines is 1. The van der Waals surface area contributed by atoms with Gasteiger partial charge in [-0.2, -0.15) is 0 Å². The minimum absolute atomic E-state index is 0.216. The minimum atomic E-state index is -0.320. The van der Waals surface area contributed by atoms with E-state index in [4.69, 9.17) is 21.7 Å². The predicted molar refractivity (Wildman–Crippen MR) is 128 cm³/mol. The summed E-state index contributed by atoms with van der Waals surface area (Å²) < 4.78 is 11.3. The topological polar surface area (TPSA) is 59.6 Å². The molecule has 3 aromatic carbocycles. The summed E-state index contributed by atoms with van der Waals surface area (Å²) in [6, 6.07) is 24.9. The van der Waals surface area contributed by atoms with Crippen molar-refractivity contribution in [1.29, 1.82) is 0 Å². The lowest BCUT2D eigenvalue weighted by atomic mass is 10.1. The number of thiocarbonyl (C=S) groups is 1. The Bertz CT molecular complexity index is 991. The third-order valence-corrected chi connectivity index (χ3v) is 4.70. The van der Waals surface area contributed by atoms with Crippen molar-refractivity contribution >= 4 is 28.9 Å². The Morgan fingerprint density at radius 1 is 0.903 bits per heavy atom. The van der Waals surface area contributed by atoms with Gasteiger partial charge < -0.3 is 14.8 Å². The van der Waals surface area contributed by atoms with Crippen LogP contribution >= 0.6 is 12.2 Å². The zero-order valence-corrected chi connectivity index (χ0v) is 18.3.